The molecule has 0 saturated heterocycles. The van der Waals surface area contributed by atoms with E-state index in [1.165, 1.54) is 0 Å². The SMILES string of the molecule is CC(C)c1nnc(-c2cc3c(OCCCCl)cccc3o2)o1. The van der Waals surface area contributed by atoms with E-state index in [1.807, 2.05) is 38.1 Å². The summed E-state index contributed by atoms with van der Waals surface area (Å²) in [6, 6.07) is 7.54. The van der Waals surface area contributed by atoms with Gasteiger partial charge in [0.15, 0.2) is 5.76 Å². The number of benzene rings is 1. The summed E-state index contributed by atoms with van der Waals surface area (Å²) in [4.78, 5) is 0. The van der Waals surface area contributed by atoms with Gasteiger partial charge in [-0.2, -0.15) is 0 Å². The number of aromatic nitrogens is 2. The fourth-order valence-corrected chi connectivity index (χ4v) is 2.18. The summed E-state index contributed by atoms with van der Waals surface area (Å²) in [6.07, 6.45) is 0.796. The van der Waals surface area contributed by atoms with Gasteiger partial charge in [0.2, 0.25) is 5.89 Å². The Hall–Kier alpha value is -2.01. The standard InChI is InChI=1S/C16H17ClN2O3/c1-10(2)15-18-19-16(22-15)14-9-11-12(20-8-4-7-17)5-3-6-13(11)21-14/h3,5-6,9-10H,4,7-8H2,1-2H3. The van der Waals surface area contributed by atoms with E-state index in [0.717, 1.165) is 23.1 Å². The molecule has 0 saturated carbocycles. The van der Waals surface area contributed by atoms with E-state index in [-0.39, 0.29) is 5.92 Å². The highest BCUT2D eigenvalue weighted by atomic mass is 35.5. The first-order valence-electron chi connectivity index (χ1n) is 7.24. The Balaban J connectivity index is 1.93. The fraction of sp³-hybridized carbons (Fsp3) is 0.375. The van der Waals surface area contributed by atoms with Crippen molar-refractivity contribution in [2.45, 2.75) is 26.2 Å². The number of alkyl halides is 1. The number of nitrogens with zero attached hydrogens (tertiary/aromatic N) is 2. The van der Waals surface area contributed by atoms with Crippen LogP contribution in [0.3, 0.4) is 0 Å². The lowest BCUT2D eigenvalue weighted by atomic mass is 10.2. The highest BCUT2D eigenvalue weighted by molar-refractivity contribution is 6.17. The molecule has 0 radical (unpaired) electrons. The Morgan fingerprint density at radius 2 is 2.09 bits per heavy atom. The number of ether oxygens (including phenoxy) is 1. The number of hydrogen-bond acceptors (Lipinski definition) is 5. The lowest BCUT2D eigenvalue weighted by Gasteiger charge is -2.04. The Labute approximate surface area is 133 Å². The second-order valence-electron chi connectivity index (χ2n) is 5.27. The Morgan fingerprint density at radius 3 is 2.82 bits per heavy atom. The van der Waals surface area contributed by atoms with Crippen molar-refractivity contribution < 1.29 is 13.6 Å². The summed E-state index contributed by atoms with van der Waals surface area (Å²) in [5, 5.41) is 8.95. The molecule has 6 heteroatoms. The number of furan rings is 1. The largest absolute Gasteiger partial charge is 0.493 e. The molecular weight excluding hydrogens is 304 g/mol. The maximum atomic E-state index is 5.79. The molecule has 3 rings (SSSR count). The average Bonchev–Trinajstić information content (AvgIpc) is 3.14. The summed E-state index contributed by atoms with van der Waals surface area (Å²) >= 11 is 5.67. The lowest BCUT2D eigenvalue weighted by molar-refractivity contribution is 0.322. The van der Waals surface area contributed by atoms with Crippen molar-refractivity contribution in [3.8, 4) is 17.4 Å². The van der Waals surface area contributed by atoms with Crippen LogP contribution in [0.5, 0.6) is 5.75 Å². The van der Waals surface area contributed by atoms with Crippen LogP contribution in [0, 0.1) is 0 Å². The molecule has 0 N–H and O–H groups in total. The molecule has 0 aliphatic carbocycles. The summed E-state index contributed by atoms with van der Waals surface area (Å²) in [7, 11) is 0. The third-order valence-electron chi connectivity index (χ3n) is 3.20. The minimum absolute atomic E-state index is 0.181. The molecule has 0 spiro atoms. The first-order chi connectivity index (χ1) is 10.7. The predicted molar refractivity (Wildman–Crippen MR) is 84.4 cm³/mol. The van der Waals surface area contributed by atoms with Gasteiger partial charge in [-0.25, -0.2) is 0 Å². The van der Waals surface area contributed by atoms with E-state index >= 15 is 0 Å². The zero-order valence-corrected chi connectivity index (χ0v) is 13.3. The van der Waals surface area contributed by atoms with E-state index in [4.69, 9.17) is 25.2 Å². The number of rotatable bonds is 6. The highest BCUT2D eigenvalue weighted by Gasteiger charge is 2.17. The van der Waals surface area contributed by atoms with E-state index in [1.54, 1.807) is 0 Å². The molecule has 22 heavy (non-hydrogen) atoms. The molecule has 3 aromatic rings. The first-order valence-corrected chi connectivity index (χ1v) is 7.77. The van der Waals surface area contributed by atoms with E-state index in [2.05, 4.69) is 10.2 Å². The normalized spacial score (nSPS) is 11.5. The Morgan fingerprint density at radius 1 is 1.23 bits per heavy atom. The molecule has 0 aliphatic heterocycles. The number of halogens is 1. The van der Waals surface area contributed by atoms with Crippen LogP contribution in [0.2, 0.25) is 0 Å². The summed E-state index contributed by atoms with van der Waals surface area (Å²) in [5.41, 5.74) is 0.725. The second-order valence-corrected chi connectivity index (χ2v) is 5.65. The zero-order valence-electron chi connectivity index (χ0n) is 12.5. The Bertz CT molecular complexity index is 764. The molecular formula is C16H17ClN2O3. The van der Waals surface area contributed by atoms with Crippen molar-refractivity contribution in [1.82, 2.24) is 10.2 Å². The Kier molecular flexibility index (Phi) is 4.34. The molecule has 2 heterocycles. The zero-order chi connectivity index (χ0) is 15.5. The molecule has 0 atom stereocenters. The van der Waals surface area contributed by atoms with Gasteiger partial charge in [-0.05, 0) is 18.6 Å². The molecule has 0 unspecified atom stereocenters. The highest BCUT2D eigenvalue weighted by Crippen LogP contribution is 2.33. The number of hydrogen-bond donors (Lipinski definition) is 0. The minimum Gasteiger partial charge on any atom is -0.493 e. The van der Waals surface area contributed by atoms with Gasteiger partial charge >= 0.3 is 0 Å². The number of fused-ring (bicyclic) bond motifs is 1. The lowest BCUT2D eigenvalue weighted by Crippen LogP contribution is -1.97. The molecule has 5 nitrogen and oxygen atoms in total. The van der Waals surface area contributed by atoms with Gasteiger partial charge in [-0.3, -0.25) is 0 Å². The maximum absolute atomic E-state index is 5.79. The van der Waals surface area contributed by atoms with Crippen molar-refractivity contribution in [3.63, 3.8) is 0 Å². The first kappa shape index (κ1) is 14.9. The third kappa shape index (κ3) is 2.95. The van der Waals surface area contributed by atoms with Crippen LogP contribution in [-0.2, 0) is 0 Å². The van der Waals surface area contributed by atoms with Gasteiger partial charge in [0.1, 0.15) is 11.3 Å². The summed E-state index contributed by atoms with van der Waals surface area (Å²) in [6.45, 7) is 4.57. The maximum Gasteiger partial charge on any atom is 0.283 e. The molecule has 116 valence electrons. The molecule has 0 aliphatic rings. The minimum atomic E-state index is 0.181. The molecule has 0 fully saturated rings. The second kappa shape index (κ2) is 6.40. The van der Waals surface area contributed by atoms with E-state index < -0.39 is 0 Å². The van der Waals surface area contributed by atoms with E-state index in [9.17, 15) is 0 Å². The third-order valence-corrected chi connectivity index (χ3v) is 3.47. The molecule has 1 aromatic carbocycles. The van der Waals surface area contributed by atoms with Crippen LogP contribution >= 0.6 is 11.6 Å². The fourth-order valence-electron chi connectivity index (χ4n) is 2.07. The van der Waals surface area contributed by atoms with Crippen molar-refractivity contribution in [2.75, 3.05) is 12.5 Å². The van der Waals surface area contributed by atoms with Crippen molar-refractivity contribution in [1.29, 1.82) is 0 Å². The van der Waals surface area contributed by atoms with Crippen LogP contribution < -0.4 is 4.74 Å². The predicted octanol–water partition coefficient (Wildman–Crippen LogP) is 4.61. The van der Waals surface area contributed by atoms with Gasteiger partial charge in [0.25, 0.3) is 5.89 Å². The van der Waals surface area contributed by atoms with Gasteiger partial charge in [-0.1, -0.05) is 19.9 Å². The monoisotopic (exact) mass is 320 g/mol. The average molecular weight is 321 g/mol. The van der Waals surface area contributed by atoms with Crippen LogP contribution in [0.15, 0.2) is 33.1 Å². The van der Waals surface area contributed by atoms with Gasteiger partial charge < -0.3 is 13.6 Å². The van der Waals surface area contributed by atoms with Crippen molar-refractivity contribution >= 4 is 22.6 Å². The molecule has 0 amide bonds. The van der Waals surface area contributed by atoms with Gasteiger partial charge in [0, 0.05) is 17.9 Å². The van der Waals surface area contributed by atoms with Gasteiger partial charge in [-0.15, -0.1) is 21.8 Å². The van der Waals surface area contributed by atoms with Crippen molar-refractivity contribution in [2.24, 2.45) is 0 Å². The quantitative estimate of drug-likeness (QED) is 0.490. The molecule has 2 aromatic heterocycles. The summed E-state index contributed by atoms with van der Waals surface area (Å²) < 4.78 is 17.2. The van der Waals surface area contributed by atoms with E-state index in [0.29, 0.717) is 30.0 Å². The molecule has 0 bridgehead atoms. The topological polar surface area (TPSA) is 61.3 Å². The van der Waals surface area contributed by atoms with Crippen LogP contribution in [0.1, 0.15) is 32.1 Å². The van der Waals surface area contributed by atoms with Gasteiger partial charge in [0.05, 0.1) is 12.0 Å². The van der Waals surface area contributed by atoms with Crippen molar-refractivity contribution in [3.05, 3.63) is 30.2 Å². The smallest absolute Gasteiger partial charge is 0.283 e. The van der Waals surface area contributed by atoms with Crippen LogP contribution in [-0.4, -0.2) is 22.7 Å². The van der Waals surface area contributed by atoms with Crippen LogP contribution in [0.4, 0.5) is 0 Å². The van der Waals surface area contributed by atoms with Crippen LogP contribution in [0.25, 0.3) is 22.6 Å². The summed E-state index contributed by atoms with van der Waals surface area (Å²) in [5.74, 6) is 3.04.